The Kier molecular flexibility index (Phi) is 4.75. The normalized spacial score (nSPS) is 16.3. The number of pyridine rings is 1. The van der Waals surface area contributed by atoms with Crippen molar-refractivity contribution in [3.63, 3.8) is 0 Å². The molecule has 5 rings (SSSR count). The van der Waals surface area contributed by atoms with Gasteiger partial charge in [0.05, 0.1) is 18.0 Å². The van der Waals surface area contributed by atoms with Crippen LogP contribution in [0.2, 0.25) is 0 Å². The molecule has 0 N–H and O–H groups in total. The molecule has 0 radical (unpaired) electrons. The molecule has 0 bridgehead atoms. The van der Waals surface area contributed by atoms with Gasteiger partial charge in [0.15, 0.2) is 5.65 Å². The van der Waals surface area contributed by atoms with Gasteiger partial charge in [0.2, 0.25) is 0 Å². The number of hydrogen-bond acceptors (Lipinski definition) is 5. The summed E-state index contributed by atoms with van der Waals surface area (Å²) in [5.41, 5.74) is 2.73. The SMILES string of the molecule is COc1ccc(-c2nc3cccnc3n2[C@@H]2CCN(C(=O)c3ccc(C)s3)C2)cc1. The molecule has 1 aliphatic heterocycles. The number of hydrogen-bond donors (Lipinski definition) is 0. The second kappa shape index (κ2) is 7.57. The van der Waals surface area contributed by atoms with Crippen LogP contribution in [0.1, 0.15) is 27.0 Å². The Bertz CT molecular complexity index is 1210. The molecule has 1 aromatic carbocycles. The van der Waals surface area contributed by atoms with E-state index in [0.29, 0.717) is 6.54 Å². The van der Waals surface area contributed by atoms with Crippen LogP contribution in [-0.4, -0.2) is 45.5 Å². The second-order valence-corrected chi connectivity index (χ2v) is 8.77. The molecule has 6 nitrogen and oxygen atoms in total. The van der Waals surface area contributed by atoms with Gasteiger partial charge in [0, 0.05) is 29.7 Å². The third kappa shape index (κ3) is 3.25. The quantitative estimate of drug-likeness (QED) is 0.487. The molecule has 4 aromatic rings. The van der Waals surface area contributed by atoms with E-state index in [4.69, 9.17) is 9.72 Å². The summed E-state index contributed by atoms with van der Waals surface area (Å²) in [6, 6.07) is 15.9. The van der Waals surface area contributed by atoms with Crippen molar-refractivity contribution in [1.29, 1.82) is 0 Å². The van der Waals surface area contributed by atoms with Crippen LogP contribution in [-0.2, 0) is 0 Å². The summed E-state index contributed by atoms with van der Waals surface area (Å²) >= 11 is 1.55. The van der Waals surface area contributed by atoms with Crippen molar-refractivity contribution in [3.05, 3.63) is 64.5 Å². The first-order valence-corrected chi connectivity index (χ1v) is 10.8. The van der Waals surface area contributed by atoms with Gasteiger partial charge < -0.3 is 14.2 Å². The number of aromatic nitrogens is 3. The number of carbonyl (C=O) groups excluding carboxylic acids is 1. The molecule has 1 aliphatic rings. The van der Waals surface area contributed by atoms with Gasteiger partial charge in [-0.3, -0.25) is 4.79 Å². The first kappa shape index (κ1) is 18.8. The van der Waals surface area contributed by atoms with E-state index in [-0.39, 0.29) is 11.9 Å². The fraction of sp³-hybridized carbons (Fsp3) is 0.261. The molecular formula is C23H22N4O2S. The Morgan fingerprint density at radius 1 is 1.17 bits per heavy atom. The topological polar surface area (TPSA) is 60.3 Å². The minimum atomic E-state index is 0.110. The number of carbonyl (C=O) groups is 1. The Morgan fingerprint density at radius 3 is 2.73 bits per heavy atom. The number of ether oxygens (including phenoxy) is 1. The lowest BCUT2D eigenvalue weighted by molar-refractivity contribution is 0.0792. The monoisotopic (exact) mass is 418 g/mol. The van der Waals surface area contributed by atoms with Crippen LogP contribution in [0.25, 0.3) is 22.6 Å². The lowest BCUT2D eigenvalue weighted by Gasteiger charge is -2.18. The predicted molar refractivity (Wildman–Crippen MR) is 118 cm³/mol. The summed E-state index contributed by atoms with van der Waals surface area (Å²) < 4.78 is 7.49. The number of rotatable bonds is 4. The molecular weight excluding hydrogens is 396 g/mol. The number of methoxy groups -OCH3 is 1. The number of benzene rings is 1. The zero-order valence-corrected chi connectivity index (χ0v) is 17.7. The van der Waals surface area contributed by atoms with Gasteiger partial charge in [-0.05, 0) is 61.9 Å². The molecule has 7 heteroatoms. The first-order chi connectivity index (χ1) is 14.6. The van der Waals surface area contributed by atoms with Gasteiger partial charge >= 0.3 is 0 Å². The number of likely N-dealkylation sites (tertiary alicyclic amines) is 1. The van der Waals surface area contributed by atoms with Crippen molar-refractivity contribution in [1.82, 2.24) is 19.4 Å². The Morgan fingerprint density at radius 2 is 2.00 bits per heavy atom. The van der Waals surface area contributed by atoms with Crippen molar-refractivity contribution in [2.75, 3.05) is 20.2 Å². The molecule has 1 atom stereocenters. The molecule has 0 unspecified atom stereocenters. The van der Waals surface area contributed by atoms with Crippen molar-refractivity contribution in [2.24, 2.45) is 0 Å². The van der Waals surface area contributed by atoms with E-state index < -0.39 is 0 Å². The highest BCUT2D eigenvalue weighted by atomic mass is 32.1. The first-order valence-electron chi connectivity index (χ1n) is 9.97. The zero-order valence-electron chi connectivity index (χ0n) is 16.9. The molecule has 1 amide bonds. The minimum absolute atomic E-state index is 0.110. The lowest BCUT2D eigenvalue weighted by atomic mass is 10.2. The average Bonchev–Trinajstić information content (AvgIpc) is 3.51. The van der Waals surface area contributed by atoms with Gasteiger partial charge in [-0.15, -0.1) is 11.3 Å². The summed E-state index contributed by atoms with van der Waals surface area (Å²) in [5.74, 6) is 1.79. The van der Waals surface area contributed by atoms with Gasteiger partial charge in [-0.1, -0.05) is 0 Å². The summed E-state index contributed by atoms with van der Waals surface area (Å²) in [5, 5.41) is 0. The molecule has 30 heavy (non-hydrogen) atoms. The van der Waals surface area contributed by atoms with Gasteiger partial charge in [-0.25, -0.2) is 9.97 Å². The van der Waals surface area contributed by atoms with Crippen LogP contribution < -0.4 is 4.74 Å². The average molecular weight is 419 g/mol. The number of thiophene rings is 1. The Balaban J connectivity index is 1.51. The van der Waals surface area contributed by atoms with Crippen LogP contribution in [0.3, 0.4) is 0 Å². The van der Waals surface area contributed by atoms with E-state index in [2.05, 4.69) is 9.55 Å². The number of amides is 1. The van der Waals surface area contributed by atoms with Crippen molar-refractivity contribution in [3.8, 4) is 17.1 Å². The summed E-state index contributed by atoms with van der Waals surface area (Å²) in [6.45, 7) is 3.41. The fourth-order valence-corrected chi connectivity index (χ4v) is 4.90. The van der Waals surface area contributed by atoms with E-state index in [1.807, 2.05) is 60.4 Å². The van der Waals surface area contributed by atoms with Crippen molar-refractivity contribution in [2.45, 2.75) is 19.4 Å². The molecule has 0 saturated carbocycles. The smallest absolute Gasteiger partial charge is 0.263 e. The molecule has 152 valence electrons. The van der Waals surface area contributed by atoms with Crippen LogP contribution in [0.5, 0.6) is 5.75 Å². The highest BCUT2D eigenvalue weighted by Crippen LogP contribution is 2.33. The summed E-state index contributed by atoms with van der Waals surface area (Å²) in [4.78, 5) is 26.3. The van der Waals surface area contributed by atoms with E-state index in [1.54, 1.807) is 24.6 Å². The van der Waals surface area contributed by atoms with Gasteiger partial charge in [0.25, 0.3) is 5.91 Å². The molecule has 1 saturated heterocycles. The third-order valence-corrected chi connectivity index (χ3v) is 6.55. The zero-order chi connectivity index (χ0) is 20.7. The highest BCUT2D eigenvalue weighted by molar-refractivity contribution is 7.13. The van der Waals surface area contributed by atoms with Crippen LogP contribution >= 0.6 is 11.3 Å². The highest BCUT2D eigenvalue weighted by Gasteiger charge is 2.31. The van der Waals surface area contributed by atoms with Gasteiger partial charge in [-0.2, -0.15) is 0 Å². The maximum atomic E-state index is 12.9. The maximum Gasteiger partial charge on any atom is 0.263 e. The maximum absolute atomic E-state index is 12.9. The van der Waals surface area contributed by atoms with E-state index in [0.717, 1.165) is 51.0 Å². The van der Waals surface area contributed by atoms with Crippen molar-refractivity contribution < 1.29 is 9.53 Å². The lowest BCUT2D eigenvalue weighted by Crippen LogP contribution is -2.28. The molecule has 4 heterocycles. The van der Waals surface area contributed by atoms with Crippen LogP contribution in [0, 0.1) is 6.92 Å². The number of nitrogens with zero attached hydrogens (tertiary/aromatic N) is 4. The molecule has 3 aromatic heterocycles. The predicted octanol–water partition coefficient (Wildman–Crippen LogP) is 4.56. The number of fused-ring (bicyclic) bond motifs is 1. The summed E-state index contributed by atoms with van der Waals surface area (Å²) in [7, 11) is 1.66. The van der Waals surface area contributed by atoms with Crippen LogP contribution in [0.15, 0.2) is 54.7 Å². The fourth-order valence-electron chi connectivity index (χ4n) is 4.06. The largest absolute Gasteiger partial charge is 0.497 e. The Labute approximate surface area is 178 Å². The summed E-state index contributed by atoms with van der Waals surface area (Å²) in [6.07, 6.45) is 2.67. The second-order valence-electron chi connectivity index (χ2n) is 7.48. The van der Waals surface area contributed by atoms with E-state index >= 15 is 0 Å². The van der Waals surface area contributed by atoms with E-state index in [9.17, 15) is 4.79 Å². The number of aryl methyl sites for hydroxylation is 1. The van der Waals surface area contributed by atoms with E-state index in [1.165, 1.54) is 0 Å². The van der Waals surface area contributed by atoms with Crippen LogP contribution in [0.4, 0.5) is 0 Å². The molecule has 1 fully saturated rings. The van der Waals surface area contributed by atoms with Gasteiger partial charge in [0.1, 0.15) is 17.1 Å². The minimum Gasteiger partial charge on any atom is -0.497 e. The molecule has 0 spiro atoms. The standard InChI is InChI=1S/C23H22N4O2S/c1-15-5-10-20(30-15)23(28)26-13-11-17(14-26)27-21(16-6-8-18(29-2)9-7-16)25-19-4-3-12-24-22(19)27/h3-10,12,17H,11,13-14H2,1-2H3/t17-/m1/s1. The van der Waals surface area contributed by atoms with Crippen molar-refractivity contribution >= 4 is 28.4 Å². The third-order valence-electron chi connectivity index (χ3n) is 5.56. The molecule has 0 aliphatic carbocycles. The number of imidazole rings is 1. The Hall–Kier alpha value is -3.19.